The summed E-state index contributed by atoms with van der Waals surface area (Å²) in [5.41, 5.74) is 1.83. The third-order valence-corrected chi connectivity index (χ3v) is 4.10. The largest absolute Gasteiger partial charge is 0.378 e. The molecule has 0 unspecified atom stereocenters. The first kappa shape index (κ1) is 16.6. The molecule has 2 rings (SSSR count). The highest BCUT2D eigenvalue weighted by molar-refractivity contribution is 5.95. The maximum Gasteiger partial charge on any atom is 0.253 e. The van der Waals surface area contributed by atoms with E-state index in [-0.39, 0.29) is 5.91 Å². The number of hydrogen-bond acceptors (Lipinski definition) is 3. The number of carbonyl (C=O) groups is 1. The lowest BCUT2D eigenvalue weighted by Gasteiger charge is -2.32. The van der Waals surface area contributed by atoms with Crippen LogP contribution in [0, 0.1) is 5.92 Å². The van der Waals surface area contributed by atoms with Crippen LogP contribution in [-0.4, -0.2) is 51.2 Å². The molecule has 0 atom stereocenters. The summed E-state index contributed by atoms with van der Waals surface area (Å²) in [6.45, 7) is 6.65. The Hall–Kier alpha value is -1.81. The molecule has 0 radical (unpaired) electrons. The zero-order valence-electron chi connectivity index (χ0n) is 13.6. The maximum atomic E-state index is 12.6. The predicted molar refractivity (Wildman–Crippen MR) is 90.4 cm³/mol. The van der Waals surface area contributed by atoms with Crippen LogP contribution in [0.3, 0.4) is 0 Å². The minimum absolute atomic E-state index is 0.133. The average Bonchev–Trinajstić information content (AvgIpc) is 2.55. The lowest BCUT2D eigenvalue weighted by molar-refractivity contribution is 0.0575. The minimum Gasteiger partial charge on any atom is -0.378 e. The van der Waals surface area contributed by atoms with Crippen LogP contribution in [-0.2, 0) is 4.74 Å². The lowest BCUT2D eigenvalue weighted by atomic mass is 9.97. The average molecular weight is 302 g/mol. The van der Waals surface area contributed by atoms with Gasteiger partial charge in [-0.3, -0.25) is 4.79 Å². The summed E-state index contributed by atoms with van der Waals surface area (Å²) < 4.78 is 5.52. The Morgan fingerprint density at radius 3 is 2.77 bits per heavy atom. The molecule has 0 saturated carbocycles. The highest BCUT2D eigenvalue weighted by Gasteiger charge is 2.23. The number of anilines is 1. The van der Waals surface area contributed by atoms with E-state index in [0.717, 1.165) is 43.8 Å². The van der Waals surface area contributed by atoms with Crippen molar-refractivity contribution in [1.82, 2.24) is 4.90 Å². The molecular formula is C18H26N2O2. The normalized spacial score (nSPS) is 15.6. The SMILES string of the molecule is C=CCOCC1CCN(C(=O)c2cccc(N(C)C)c2)CC1. The highest BCUT2D eigenvalue weighted by atomic mass is 16.5. The Balaban J connectivity index is 1.89. The Kier molecular flexibility index (Phi) is 6.01. The molecule has 1 aliphatic heterocycles. The summed E-state index contributed by atoms with van der Waals surface area (Å²) >= 11 is 0. The van der Waals surface area contributed by atoms with Crippen LogP contribution in [0.1, 0.15) is 23.2 Å². The van der Waals surface area contributed by atoms with Gasteiger partial charge in [-0.15, -0.1) is 6.58 Å². The second-order valence-corrected chi connectivity index (χ2v) is 6.01. The molecule has 4 heteroatoms. The van der Waals surface area contributed by atoms with Gasteiger partial charge >= 0.3 is 0 Å². The predicted octanol–water partition coefficient (Wildman–Crippen LogP) is 2.81. The van der Waals surface area contributed by atoms with Gasteiger partial charge in [0.2, 0.25) is 0 Å². The van der Waals surface area contributed by atoms with Crippen LogP contribution >= 0.6 is 0 Å². The molecule has 0 N–H and O–H groups in total. The van der Waals surface area contributed by atoms with Crippen LogP contribution in [0.5, 0.6) is 0 Å². The highest BCUT2D eigenvalue weighted by Crippen LogP contribution is 2.21. The number of hydrogen-bond donors (Lipinski definition) is 0. The summed E-state index contributed by atoms with van der Waals surface area (Å²) in [5, 5.41) is 0. The van der Waals surface area contributed by atoms with E-state index < -0.39 is 0 Å². The molecule has 0 aromatic heterocycles. The molecule has 0 aliphatic carbocycles. The summed E-state index contributed by atoms with van der Waals surface area (Å²) in [5.74, 6) is 0.686. The zero-order chi connectivity index (χ0) is 15.9. The van der Waals surface area contributed by atoms with E-state index in [1.807, 2.05) is 48.2 Å². The summed E-state index contributed by atoms with van der Waals surface area (Å²) in [4.78, 5) is 16.6. The van der Waals surface area contributed by atoms with E-state index >= 15 is 0 Å². The van der Waals surface area contributed by atoms with Crippen molar-refractivity contribution in [3.8, 4) is 0 Å². The molecule has 1 amide bonds. The lowest BCUT2D eigenvalue weighted by Crippen LogP contribution is -2.39. The van der Waals surface area contributed by atoms with Crippen molar-refractivity contribution >= 4 is 11.6 Å². The number of benzene rings is 1. The van der Waals surface area contributed by atoms with Gasteiger partial charge in [-0.25, -0.2) is 0 Å². The van der Waals surface area contributed by atoms with Crippen molar-refractivity contribution in [1.29, 1.82) is 0 Å². The van der Waals surface area contributed by atoms with Crippen LogP contribution < -0.4 is 4.90 Å². The summed E-state index contributed by atoms with van der Waals surface area (Å²) in [6, 6.07) is 7.81. The number of ether oxygens (including phenoxy) is 1. The third kappa shape index (κ3) is 4.34. The molecule has 0 spiro atoms. The van der Waals surface area contributed by atoms with Crippen molar-refractivity contribution in [2.45, 2.75) is 12.8 Å². The summed E-state index contributed by atoms with van der Waals surface area (Å²) in [7, 11) is 3.97. The van der Waals surface area contributed by atoms with E-state index in [1.165, 1.54) is 0 Å². The number of piperidine rings is 1. The number of carbonyl (C=O) groups excluding carboxylic acids is 1. The molecule has 120 valence electrons. The number of nitrogens with zero attached hydrogens (tertiary/aromatic N) is 2. The fourth-order valence-electron chi connectivity index (χ4n) is 2.72. The van der Waals surface area contributed by atoms with Crippen LogP contribution in [0.25, 0.3) is 0 Å². The van der Waals surface area contributed by atoms with Gasteiger partial charge in [0, 0.05) is 45.0 Å². The monoisotopic (exact) mass is 302 g/mol. The molecular weight excluding hydrogens is 276 g/mol. The van der Waals surface area contributed by atoms with Crippen molar-refractivity contribution in [2.75, 3.05) is 45.3 Å². The second kappa shape index (κ2) is 7.99. The van der Waals surface area contributed by atoms with E-state index in [1.54, 1.807) is 6.08 Å². The molecule has 22 heavy (non-hydrogen) atoms. The van der Waals surface area contributed by atoms with Crippen molar-refractivity contribution in [3.63, 3.8) is 0 Å². The topological polar surface area (TPSA) is 32.8 Å². The fourth-order valence-corrected chi connectivity index (χ4v) is 2.72. The van der Waals surface area contributed by atoms with E-state index in [0.29, 0.717) is 12.5 Å². The van der Waals surface area contributed by atoms with Crippen molar-refractivity contribution < 1.29 is 9.53 Å². The van der Waals surface area contributed by atoms with Gasteiger partial charge in [0.05, 0.1) is 6.61 Å². The van der Waals surface area contributed by atoms with Gasteiger partial charge < -0.3 is 14.5 Å². The number of rotatable bonds is 6. The Morgan fingerprint density at radius 2 is 2.14 bits per heavy atom. The van der Waals surface area contributed by atoms with Crippen molar-refractivity contribution in [2.24, 2.45) is 5.92 Å². The minimum atomic E-state index is 0.133. The van der Waals surface area contributed by atoms with Gasteiger partial charge in [0.25, 0.3) is 5.91 Å². The molecule has 4 nitrogen and oxygen atoms in total. The molecule has 1 saturated heterocycles. The summed E-state index contributed by atoms with van der Waals surface area (Å²) in [6.07, 6.45) is 3.79. The van der Waals surface area contributed by atoms with E-state index in [2.05, 4.69) is 6.58 Å². The standard InChI is InChI=1S/C18H26N2O2/c1-4-12-22-14-15-8-10-20(11-9-15)18(21)16-6-5-7-17(13-16)19(2)3/h4-7,13,15H,1,8-12,14H2,2-3H3. The first-order chi connectivity index (χ1) is 10.6. The number of likely N-dealkylation sites (tertiary alicyclic amines) is 1. The fraction of sp³-hybridized carbons (Fsp3) is 0.500. The Bertz CT molecular complexity index is 506. The Morgan fingerprint density at radius 1 is 1.41 bits per heavy atom. The van der Waals surface area contributed by atoms with E-state index in [9.17, 15) is 4.79 Å². The first-order valence-electron chi connectivity index (χ1n) is 7.87. The molecule has 1 heterocycles. The van der Waals surface area contributed by atoms with Crippen molar-refractivity contribution in [3.05, 3.63) is 42.5 Å². The van der Waals surface area contributed by atoms with Crippen LogP contribution in [0.2, 0.25) is 0 Å². The van der Waals surface area contributed by atoms with E-state index in [4.69, 9.17) is 4.74 Å². The van der Waals surface area contributed by atoms with Crippen LogP contribution in [0.15, 0.2) is 36.9 Å². The third-order valence-electron chi connectivity index (χ3n) is 4.10. The molecule has 1 aromatic rings. The smallest absolute Gasteiger partial charge is 0.253 e. The quantitative estimate of drug-likeness (QED) is 0.598. The molecule has 1 aliphatic rings. The molecule has 1 aromatic carbocycles. The number of amides is 1. The van der Waals surface area contributed by atoms with Gasteiger partial charge in [-0.05, 0) is 37.0 Å². The van der Waals surface area contributed by atoms with Gasteiger partial charge in [-0.1, -0.05) is 12.1 Å². The van der Waals surface area contributed by atoms with Crippen LogP contribution in [0.4, 0.5) is 5.69 Å². The molecule has 1 fully saturated rings. The van der Waals surface area contributed by atoms with Gasteiger partial charge in [0.1, 0.15) is 0 Å². The van der Waals surface area contributed by atoms with Gasteiger partial charge in [0.15, 0.2) is 0 Å². The van der Waals surface area contributed by atoms with Gasteiger partial charge in [-0.2, -0.15) is 0 Å². The second-order valence-electron chi connectivity index (χ2n) is 6.01. The zero-order valence-corrected chi connectivity index (χ0v) is 13.6. The maximum absolute atomic E-state index is 12.6. The first-order valence-corrected chi connectivity index (χ1v) is 7.87. The molecule has 0 bridgehead atoms. The Labute approximate surface area is 133 Å².